The molecule has 3 rings (SSSR count). The Bertz CT molecular complexity index is 903. The minimum atomic E-state index is 0.390. The zero-order chi connectivity index (χ0) is 20.8. The SMILES string of the molecule is COc1cc(C#N)c(NC(=S)Nc2ccc(N3CCN(C)CC3)cc2)cc1OC. The number of rotatable bonds is 5. The molecular weight excluding hydrogens is 386 g/mol. The number of hydrogen-bond acceptors (Lipinski definition) is 6. The number of piperazine rings is 1. The van der Waals surface area contributed by atoms with Gasteiger partial charge in [-0.05, 0) is 43.5 Å². The Kier molecular flexibility index (Phi) is 6.75. The van der Waals surface area contributed by atoms with Gasteiger partial charge < -0.3 is 29.9 Å². The zero-order valence-corrected chi connectivity index (χ0v) is 17.7. The van der Waals surface area contributed by atoms with Crippen LogP contribution in [0.1, 0.15) is 5.56 Å². The Morgan fingerprint density at radius 3 is 2.21 bits per heavy atom. The molecule has 0 atom stereocenters. The highest BCUT2D eigenvalue weighted by Gasteiger charge is 2.15. The van der Waals surface area contributed by atoms with E-state index < -0.39 is 0 Å². The van der Waals surface area contributed by atoms with Gasteiger partial charge in [-0.25, -0.2) is 0 Å². The van der Waals surface area contributed by atoms with E-state index in [4.69, 9.17) is 21.7 Å². The van der Waals surface area contributed by atoms with Crippen LogP contribution in [0.3, 0.4) is 0 Å². The second-order valence-corrected chi connectivity index (χ2v) is 7.19. The van der Waals surface area contributed by atoms with Gasteiger partial charge in [0.2, 0.25) is 0 Å². The first-order valence-corrected chi connectivity index (χ1v) is 9.72. The van der Waals surface area contributed by atoms with Crippen LogP contribution in [0.15, 0.2) is 36.4 Å². The van der Waals surface area contributed by atoms with E-state index in [9.17, 15) is 5.26 Å². The topological polar surface area (TPSA) is 72.8 Å². The predicted octanol–water partition coefficient (Wildman–Crippen LogP) is 3.14. The fraction of sp³-hybridized carbons (Fsp3) is 0.333. The fourth-order valence-corrected chi connectivity index (χ4v) is 3.41. The van der Waals surface area contributed by atoms with Gasteiger partial charge in [-0.15, -0.1) is 0 Å². The van der Waals surface area contributed by atoms with Crippen molar-refractivity contribution >= 4 is 34.4 Å². The predicted molar refractivity (Wildman–Crippen MR) is 120 cm³/mol. The highest BCUT2D eigenvalue weighted by atomic mass is 32.1. The van der Waals surface area contributed by atoms with Crippen LogP contribution in [0, 0.1) is 11.3 Å². The number of thiocarbonyl (C=S) groups is 1. The van der Waals surface area contributed by atoms with Crippen LogP contribution in [-0.2, 0) is 0 Å². The molecule has 152 valence electrons. The van der Waals surface area contributed by atoms with Gasteiger partial charge >= 0.3 is 0 Å². The monoisotopic (exact) mass is 411 g/mol. The van der Waals surface area contributed by atoms with Gasteiger partial charge in [-0.3, -0.25) is 0 Å². The average molecular weight is 412 g/mol. The summed E-state index contributed by atoms with van der Waals surface area (Å²) in [6.07, 6.45) is 0. The highest BCUT2D eigenvalue weighted by molar-refractivity contribution is 7.80. The molecule has 1 aliphatic rings. The van der Waals surface area contributed by atoms with Crippen LogP contribution >= 0.6 is 12.2 Å². The summed E-state index contributed by atoms with van der Waals surface area (Å²) < 4.78 is 10.6. The first-order chi connectivity index (χ1) is 14.0. The summed E-state index contributed by atoms with van der Waals surface area (Å²) in [6.45, 7) is 4.19. The third kappa shape index (κ3) is 5.08. The first-order valence-electron chi connectivity index (χ1n) is 9.31. The third-order valence-corrected chi connectivity index (χ3v) is 5.09. The van der Waals surface area contributed by atoms with Gasteiger partial charge in [0.1, 0.15) is 6.07 Å². The van der Waals surface area contributed by atoms with Gasteiger partial charge in [0.05, 0.1) is 25.5 Å². The van der Waals surface area contributed by atoms with E-state index in [1.165, 1.54) is 12.8 Å². The lowest BCUT2D eigenvalue weighted by Gasteiger charge is -2.34. The van der Waals surface area contributed by atoms with Crippen molar-refractivity contribution in [1.29, 1.82) is 5.26 Å². The molecule has 0 aliphatic carbocycles. The van der Waals surface area contributed by atoms with Gasteiger partial charge in [-0.2, -0.15) is 5.26 Å². The summed E-state index contributed by atoms with van der Waals surface area (Å²) >= 11 is 5.42. The van der Waals surface area contributed by atoms with Crippen LogP contribution in [0.2, 0.25) is 0 Å². The summed E-state index contributed by atoms with van der Waals surface area (Å²) in [5.74, 6) is 1.02. The molecule has 0 amide bonds. The maximum absolute atomic E-state index is 9.42. The van der Waals surface area contributed by atoms with Crippen LogP contribution < -0.4 is 25.0 Å². The van der Waals surface area contributed by atoms with Crippen LogP contribution in [0.5, 0.6) is 11.5 Å². The molecule has 0 unspecified atom stereocenters. The van der Waals surface area contributed by atoms with Gasteiger partial charge in [0, 0.05) is 49.7 Å². The largest absolute Gasteiger partial charge is 0.493 e. The van der Waals surface area contributed by atoms with Crippen molar-refractivity contribution in [2.75, 3.05) is 63.0 Å². The van der Waals surface area contributed by atoms with Crippen LogP contribution in [0.25, 0.3) is 0 Å². The number of hydrogen-bond donors (Lipinski definition) is 2. The van der Waals surface area contributed by atoms with Gasteiger partial charge in [0.15, 0.2) is 16.6 Å². The van der Waals surface area contributed by atoms with E-state index in [-0.39, 0.29) is 0 Å². The Morgan fingerprint density at radius 2 is 1.62 bits per heavy atom. The average Bonchev–Trinajstić information content (AvgIpc) is 2.74. The minimum Gasteiger partial charge on any atom is -0.493 e. The molecule has 1 aliphatic heterocycles. The number of nitrogens with one attached hydrogen (secondary N) is 2. The second kappa shape index (κ2) is 9.45. The zero-order valence-electron chi connectivity index (χ0n) is 16.9. The molecule has 7 nitrogen and oxygen atoms in total. The van der Waals surface area contributed by atoms with Crippen molar-refractivity contribution in [3.8, 4) is 17.6 Å². The molecule has 1 saturated heterocycles. The maximum atomic E-state index is 9.42. The molecule has 2 aromatic rings. The summed E-state index contributed by atoms with van der Waals surface area (Å²) in [4.78, 5) is 4.71. The summed E-state index contributed by atoms with van der Waals surface area (Å²) in [5.41, 5.74) is 3.04. The van der Waals surface area contributed by atoms with Crippen molar-refractivity contribution < 1.29 is 9.47 Å². The molecule has 0 radical (unpaired) electrons. The normalized spacial score (nSPS) is 14.1. The molecular formula is C21H25N5O2S. The molecule has 1 heterocycles. The standard InChI is InChI=1S/C21H25N5O2S/c1-25-8-10-26(11-9-25)17-6-4-16(5-7-17)23-21(29)24-18-13-20(28-3)19(27-2)12-15(18)14-22/h4-7,12-13H,8-11H2,1-3H3,(H2,23,24,29). The van der Waals surface area contributed by atoms with Crippen molar-refractivity contribution in [3.05, 3.63) is 42.0 Å². The first kappa shape index (κ1) is 20.7. The van der Waals surface area contributed by atoms with E-state index >= 15 is 0 Å². The lowest BCUT2D eigenvalue weighted by Crippen LogP contribution is -2.44. The summed E-state index contributed by atoms with van der Waals surface area (Å²) in [7, 11) is 5.23. The lowest BCUT2D eigenvalue weighted by molar-refractivity contribution is 0.313. The minimum absolute atomic E-state index is 0.390. The molecule has 8 heteroatoms. The number of ether oxygens (including phenoxy) is 2. The number of anilines is 3. The summed E-state index contributed by atoms with van der Waals surface area (Å²) in [5, 5.41) is 16.0. The van der Waals surface area contributed by atoms with E-state index in [1.807, 2.05) is 12.1 Å². The molecule has 2 N–H and O–H groups in total. The quantitative estimate of drug-likeness (QED) is 0.727. The van der Waals surface area contributed by atoms with Crippen LogP contribution in [0.4, 0.5) is 17.1 Å². The highest BCUT2D eigenvalue weighted by Crippen LogP contribution is 2.33. The molecule has 0 saturated carbocycles. The molecule has 0 bridgehead atoms. The lowest BCUT2D eigenvalue weighted by atomic mass is 10.1. The van der Waals surface area contributed by atoms with Crippen molar-refractivity contribution in [1.82, 2.24) is 4.90 Å². The number of methoxy groups -OCH3 is 2. The van der Waals surface area contributed by atoms with Gasteiger partial charge in [0.25, 0.3) is 0 Å². The Hall–Kier alpha value is -3.02. The molecule has 1 fully saturated rings. The Labute approximate surface area is 176 Å². The third-order valence-electron chi connectivity index (χ3n) is 4.89. The molecule has 0 spiro atoms. The smallest absolute Gasteiger partial charge is 0.175 e. The summed E-state index contributed by atoms with van der Waals surface area (Å²) in [6, 6.07) is 13.6. The van der Waals surface area contributed by atoms with E-state index in [0.29, 0.717) is 27.9 Å². The van der Waals surface area contributed by atoms with E-state index in [1.54, 1.807) is 19.2 Å². The van der Waals surface area contributed by atoms with Crippen molar-refractivity contribution in [2.45, 2.75) is 0 Å². The Morgan fingerprint density at radius 1 is 1.00 bits per heavy atom. The van der Waals surface area contributed by atoms with E-state index in [2.05, 4.69) is 45.7 Å². The van der Waals surface area contributed by atoms with Crippen molar-refractivity contribution in [2.24, 2.45) is 0 Å². The van der Waals surface area contributed by atoms with Crippen LogP contribution in [-0.4, -0.2) is 57.5 Å². The second-order valence-electron chi connectivity index (χ2n) is 6.78. The fourth-order valence-electron chi connectivity index (χ4n) is 3.18. The molecule has 29 heavy (non-hydrogen) atoms. The van der Waals surface area contributed by atoms with Gasteiger partial charge in [-0.1, -0.05) is 0 Å². The molecule has 0 aromatic heterocycles. The number of nitriles is 1. The Balaban J connectivity index is 1.66. The molecule has 2 aromatic carbocycles. The maximum Gasteiger partial charge on any atom is 0.175 e. The van der Waals surface area contributed by atoms with E-state index in [0.717, 1.165) is 31.9 Å². The number of likely N-dealkylation sites (N-methyl/N-ethyl adjacent to an activating group) is 1. The number of nitrogens with zero attached hydrogens (tertiary/aromatic N) is 3. The van der Waals surface area contributed by atoms with Crippen molar-refractivity contribution in [3.63, 3.8) is 0 Å². The number of benzene rings is 2.